The second-order valence-corrected chi connectivity index (χ2v) is 5.80. The van der Waals surface area contributed by atoms with Gasteiger partial charge in [0.25, 0.3) is 0 Å². The van der Waals surface area contributed by atoms with Crippen molar-refractivity contribution in [3.63, 3.8) is 0 Å². The lowest BCUT2D eigenvalue weighted by Crippen LogP contribution is -2.30. The van der Waals surface area contributed by atoms with Gasteiger partial charge in [0.05, 0.1) is 11.3 Å². The average molecular weight is 285 g/mol. The molecule has 1 heterocycles. The maximum absolute atomic E-state index is 12.0. The number of halogens is 3. The molecule has 0 spiro atoms. The van der Waals surface area contributed by atoms with E-state index in [1.807, 2.05) is 0 Å². The molecule has 0 amide bonds. The Morgan fingerprint density at radius 1 is 1.44 bits per heavy atom. The zero-order valence-corrected chi connectivity index (χ0v) is 10.5. The number of nitrogens with zero attached hydrogens (tertiary/aromatic N) is 1. The molecular weight excluding hydrogens is 271 g/mol. The predicted octanol–water partition coefficient (Wildman–Crippen LogP) is 1.05. The van der Waals surface area contributed by atoms with Crippen molar-refractivity contribution in [1.29, 1.82) is 0 Å². The van der Waals surface area contributed by atoms with Crippen LogP contribution in [0.4, 0.5) is 13.2 Å². The quantitative estimate of drug-likeness (QED) is 0.848. The van der Waals surface area contributed by atoms with E-state index < -0.39 is 29.2 Å². The van der Waals surface area contributed by atoms with Crippen molar-refractivity contribution in [1.82, 2.24) is 9.29 Å². The Bertz CT molecular complexity index is 495. The van der Waals surface area contributed by atoms with Gasteiger partial charge < -0.3 is 10.7 Å². The maximum Gasteiger partial charge on any atom is 0.390 e. The van der Waals surface area contributed by atoms with Gasteiger partial charge in [-0.15, -0.1) is 0 Å². The van der Waals surface area contributed by atoms with E-state index in [9.17, 15) is 21.6 Å². The van der Waals surface area contributed by atoms with Crippen LogP contribution in [0.25, 0.3) is 0 Å². The normalized spacial score (nSPS) is 13.2. The highest BCUT2D eigenvalue weighted by atomic mass is 32.2. The van der Waals surface area contributed by atoms with Crippen molar-refractivity contribution in [2.24, 2.45) is 5.73 Å². The van der Waals surface area contributed by atoms with Gasteiger partial charge in [-0.2, -0.15) is 13.2 Å². The highest BCUT2D eigenvalue weighted by Crippen LogP contribution is 2.22. The van der Waals surface area contributed by atoms with Gasteiger partial charge in [-0.1, -0.05) is 0 Å². The van der Waals surface area contributed by atoms with Crippen LogP contribution in [-0.2, 0) is 16.6 Å². The van der Waals surface area contributed by atoms with Gasteiger partial charge >= 0.3 is 6.18 Å². The van der Waals surface area contributed by atoms with Gasteiger partial charge in [0.15, 0.2) is 0 Å². The molecule has 0 aliphatic rings. The Labute approximate surface area is 103 Å². The minimum Gasteiger partial charge on any atom is -0.363 e. The summed E-state index contributed by atoms with van der Waals surface area (Å²) in [6, 6.07) is 1.30. The Morgan fingerprint density at radius 2 is 2.06 bits per heavy atom. The van der Waals surface area contributed by atoms with Crippen LogP contribution < -0.4 is 5.73 Å². The Morgan fingerprint density at radius 3 is 2.50 bits per heavy atom. The zero-order valence-electron chi connectivity index (χ0n) is 9.66. The van der Waals surface area contributed by atoms with E-state index in [4.69, 9.17) is 5.73 Å². The van der Waals surface area contributed by atoms with Crippen LogP contribution in [0.2, 0.25) is 0 Å². The van der Waals surface area contributed by atoms with Crippen LogP contribution in [0, 0.1) is 0 Å². The molecule has 0 aliphatic carbocycles. The van der Waals surface area contributed by atoms with E-state index in [1.54, 1.807) is 0 Å². The minimum atomic E-state index is -4.38. The summed E-state index contributed by atoms with van der Waals surface area (Å²) in [5.74, 6) is 0. The Hall–Kier alpha value is -1.06. The maximum atomic E-state index is 12.0. The average Bonchev–Trinajstić information content (AvgIpc) is 2.73. The van der Waals surface area contributed by atoms with E-state index >= 15 is 0 Å². The third-order valence-corrected chi connectivity index (χ3v) is 4.19. The molecule has 1 aromatic heterocycles. The number of alkyl halides is 3. The molecule has 18 heavy (non-hydrogen) atoms. The van der Waals surface area contributed by atoms with Crippen molar-refractivity contribution < 1.29 is 21.6 Å². The van der Waals surface area contributed by atoms with E-state index in [1.165, 1.54) is 12.3 Å². The molecule has 0 radical (unpaired) electrons. The van der Waals surface area contributed by atoms with Crippen molar-refractivity contribution in [2.45, 2.75) is 24.0 Å². The summed E-state index contributed by atoms with van der Waals surface area (Å²) in [6.07, 6.45) is -4.36. The third kappa shape index (κ3) is 3.72. The summed E-state index contributed by atoms with van der Waals surface area (Å²) in [7, 11) is -2.80. The number of nitrogens with two attached hydrogens (primary N) is 1. The van der Waals surface area contributed by atoms with Gasteiger partial charge in [-0.3, -0.25) is 0 Å². The number of nitrogens with one attached hydrogen (secondary N) is 1. The van der Waals surface area contributed by atoms with Crippen molar-refractivity contribution in [3.8, 4) is 0 Å². The number of sulfonamides is 1. The van der Waals surface area contributed by atoms with Crippen LogP contribution in [0.5, 0.6) is 0 Å². The molecule has 1 rings (SSSR count). The number of hydrogen-bond donors (Lipinski definition) is 2. The summed E-state index contributed by atoms with van der Waals surface area (Å²) in [6.45, 7) is -0.489. The largest absolute Gasteiger partial charge is 0.390 e. The lowest BCUT2D eigenvalue weighted by molar-refractivity contribution is -0.135. The molecule has 0 saturated heterocycles. The van der Waals surface area contributed by atoms with Crippen LogP contribution in [0.15, 0.2) is 17.2 Å². The molecule has 0 aromatic carbocycles. The first-order valence-electron chi connectivity index (χ1n) is 5.07. The number of H-pyrrole nitrogens is 1. The highest BCUT2D eigenvalue weighted by molar-refractivity contribution is 7.89. The monoisotopic (exact) mass is 285 g/mol. The SMILES string of the molecule is CN(CCC(F)(F)F)S(=O)(=O)c1c[nH]c(CN)c1. The molecule has 0 unspecified atom stereocenters. The zero-order chi connectivity index (χ0) is 14.0. The smallest absolute Gasteiger partial charge is 0.363 e. The Balaban J connectivity index is 2.80. The highest BCUT2D eigenvalue weighted by Gasteiger charge is 2.30. The Kier molecular flexibility index (Phi) is 4.41. The summed E-state index contributed by atoms with van der Waals surface area (Å²) in [5, 5.41) is 0. The molecule has 104 valence electrons. The van der Waals surface area contributed by atoms with Crippen molar-refractivity contribution in [2.75, 3.05) is 13.6 Å². The number of hydrogen-bond acceptors (Lipinski definition) is 3. The number of aromatic amines is 1. The van der Waals surface area contributed by atoms with Gasteiger partial charge in [-0.05, 0) is 6.07 Å². The molecule has 0 atom stereocenters. The molecule has 9 heteroatoms. The summed E-state index contributed by atoms with van der Waals surface area (Å²) in [4.78, 5) is 2.55. The molecule has 0 saturated carbocycles. The molecule has 0 bridgehead atoms. The number of rotatable bonds is 5. The van der Waals surface area contributed by atoms with Gasteiger partial charge in [0.2, 0.25) is 10.0 Å². The van der Waals surface area contributed by atoms with E-state index in [0.717, 1.165) is 7.05 Å². The first kappa shape index (κ1) is 15.0. The number of aromatic nitrogens is 1. The minimum absolute atomic E-state index is 0.0902. The standard InChI is InChI=1S/C9H14F3N3O2S/c1-15(3-2-9(10,11)12)18(16,17)8-4-7(5-13)14-6-8/h4,6,14H,2-3,5,13H2,1H3. The molecule has 1 aromatic rings. The van der Waals surface area contributed by atoms with E-state index in [2.05, 4.69) is 4.98 Å². The third-order valence-electron chi connectivity index (χ3n) is 2.35. The second-order valence-electron chi connectivity index (χ2n) is 3.76. The topological polar surface area (TPSA) is 79.2 Å². The van der Waals surface area contributed by atoms with Gasteiger partial charge in [0.1, 0.15) is 0 Å². The molecule has 0 aliphatic heterocycles. The summed E-state index contributed by atoms with van der Waals surface area (Å²) < 4.78 is 60.5. The summed E-state index contributed by atoms with van der Waals surface area (Å²) in [5.41, 5.74) is 5.81. The van der Waals surface area contributed by atoms with Crippen LogP contribution >= 0.6 is 0 Å². The lowest BCUT2D eigenvalue weighted by atomic mass is 10.4. The van der Waals surface area contributed by atoms with E-state index in [0.29, 0.717) is 10.00 Å². The van der Waals surface area contributed by atoms with E-state index in [-0.39, 0.29) is 11.4 Å². The molecular formula is C9H14F3N3O2S. The lowest BCUT2D eigenvalue weighted by Gasteiger charge is -2.17. The molecule has 3 N–H and O–H groups in total. The summed E-state index contributed by atoms with van der Waals surface area (Å²) >= 11 is 0. The molecule has 0 fully saturated rings. The first-order chi connectivity index (χ1) is 8.16. The van der Waals surface area contributed by atoms with Gasteiger partial charge in [0, 0.05) is 32.0 Å². The van der Waals surface area contributed by atoms with Crippen LogP contribution in [0.1, 0.15) is 12.1 Å². The van der Waals surface area contributed by atoms with Crippen molar-refractivity contribution in [3.05, 3.63) is 18.0 Å². The fourth-order valence-electron chi connectivity index (χ4n) is 1.27. The van der Waals surface area contributed by atoms with Crippen LogP contribution in [-0.4, -0.2) is 37.5 Å². The van der Waals surface area contributed by atoms with Crippen molar-refractivity contribution >= 4 is 10.0 Å². The molecule has 5 nitrogen and oxygen atoms in total. The van der Waals surface area contributed by atoms with Crippen LogP contribution in [0.3, 0.4) is 0 Å². The fourth-order valence-corrected chi connectivity index (χ4v) is 2.46. The second kappa shape index (κ2) is 5.29. The first-order valence-corrected chi connectivity index (χ1v) is 6.51. The predicted molar refractivity (Wildman–Crippen MR) is 59.2 cm³/mol. The fraction of sp³-hybridized carbons (Fsp3) is 0.556. The van der Waals surface area contributed by atoms with Gasteiger partial charge in [-0.25, -0.2) is 12.7 Å².